The van der Waals surface area contributed by atoms with Gasteiger partial charge in [0.25, 0.3) is 5.91 Å². The van der Waals surface area contributed by atoms with Crippen LogP contribution in [-0.4, -0.2) is 30.0 Å². The van der Waals surface area contributed by atoms with Crippen LogP contribution in [0.2, 0.25) is 0 Å². The van der Waals surface area contributed by atoms with E-state index in [0.29, 0.717) is 6.04 Å². The maximum absolute atomic E-state index is 13.0. The Bertz CT molecular complexity index is 726. The second-order valence-electron chi connectivity index (χ2n) is 6.74. The second kappa shape index (κ2) is 6.68. The van der Waals surface area contributed by atoms with Crippen LogP contribution in [-0.2, 0) is 12.8 Å². The van der Waals surface area contributed by atoms with E-state index in [-0.39, 0.29) is 5.91 Å². The molecule has 1 atom stereocenters. The molecule has 0 unspecified atom stereocenters. The fourth-order valence-electron chi connectivity index (χ4n) is 3.87. The number of amides is 1. The lowest BCUT2D eigenvalue weighted by atomic mass is 10.0. The molecule has 4 rings (SSSR count). The summed E-state index contributed by atoms with van der Waals surface area (Å²) in [6.45, 7) is 1.61. The molecule has 2 aliphatic rings. The number of fused-ring (bicyclic) bond motifs is 1. The number of hydrogen-bond donors (Lipinski definition) is 0. The number of benzene rings is 2. The van der Waals surface area contributed by atoms with Gasteiger partial charge in [-0.2, -0.15) is 0 Å². The second-order valence-corrected chi connectivity index (χ2v) is 6.74. The van der Waals surface area contributed by atoms with Gasteiger partial charge in [-0.1, -0.05) is 30.3 Å². The Kier molecular flexibility index (Phi) is 4.24. The van der Waals surface area contributed by atoms with Crippen molar-refractivity contribution in [1.82, 2.24) is 4.90 Å². The van der Waals surface area contributed by atoms with E-state index in [4.69, 9.17) is 4.74 Å². The molecule has 2 heterocycles. The first kappa shape index (κ1) is 15.3. The summed E-state index contributed by atoms with van der Waals surface area (Å²) in [5, 5.41) is 0. The maximum atomic E-state index is 13.0. The number of rotatable bonds is 4. The van der Waals surface area contributed by atoms with E-state index in [1.54, 1.807) is 0 Å². The first-order chi connectivity index (χ1) is 11.8. The Balaban J connectivity index is 1.45. The summed E-state index contributed by atoms with van der Waals surface area (Å²) in [6.07, 6.45) is 5.22. The maximum Gasteiger partial charge on any atom is 0.254 e. The number of nitrogens with zero attached hydrogens (tertiary/aromatic N) is 1. The summed E-state index contributed by atoms with van der Waals surface area (Å²) < 4.78 is 5.54. The monoisotopic (exact) mass is 321 g/mol. The van der Waals surface area contributed by atoms with E-state index in [1.807, 2.05) is 24.3 Å². The third kappa shape index (κ3) is 3.03. The lowest BCUT2D eigenvalue weighted by molar-refractivity contribution is 0.0730. The summed E-state index contributed by atoms with van der Waals surface area (Å²) in [5.74, 6) is 1.12. The molecule has 0 aromatic heterocycles. The summed E-state index contributed by atoms with van der Waals surface area (Å²) in [7, 11) is 0. The van der Waals surface area contributed by atoms with Crippen molar-refractivity contribution < 1.29 is 9.53 Å². The minimum Gasteiger partial charge on any atom is -0.493 e. The van der Waals surface area contributed by atoms with Gasteiger partial charge in [-0.3, -0.25) is 4.79 Å². The van der Waals surface area contributed by atoms with Gasteiger partial charge in [0.15, 0.2) is 0 Å². The molecule has 0 radical (unpaired) electrons. The van der Waals surface area contributed by atoms with Crippen molar-refractivity contribution in [3.63, 3.8) is 0 Å². The van der Waals surface area contributed by atoms with Gasteiger partial charge < -0.3 is 9.64 Å². The molecule has 3 heteroatoms. The van der Waals surface area contributed by atoms with Crippen LogP contribution in [0.25, 0.3) is 0 Å². The summed E-state index contributed by atoms with van der Waals surface area (Å²) in [6, 6.07) is 16.8. The summed E-state index contributed by atoms with van der Waals surface area (Å²) >= 11 is 0. The highest BCUT2D eigenvalue weighted by Gasteiger charge is 2.29. The molecule has 2 aromatic rings. The van der Waals surface area contributed by atoms with Gasteiger partial charge in [0.2, 0.25) is 0 Å². The van der Waals surface area contributed by atoms with Crippen LogP contribution in [0.1, 0.15) is 40.7 Å². The molecule has 2 aromatic carbocycles. The highest BCUT2D eigenvalue weighted by atomic mass is 16.5. The van der Waals surface area contributed by atoms with Crippen LogP contribution < -0.4 is 4.74 Å². The van der Waals surface area contributed by atoms with Crippen LogP contribution in [0.3, 0.4) is 0 Å². The molecule has 0 saturated carbocycles. The molecule has 0 N–H and O–H groups in total. The third-order valence-corrected chi connectivity index (χ3v) is 5.18. The zero-order valence-electron chi connectivity index (χ0n) is 13.9. The third-order valence-electron chi connectivity index (χ3n) is 5.18. The van der Waals surface area contributed by atoms with E-state index in [0.717, 1.165) is 56.6 Å². The van der Waals surface area contributed by atoms with Crippen molar-refractivity contribution >= 4 is 5.91 Å². The molecule has 0 aliphatic carbocycles. The standard InChI is InChI=1S/C21H23NO2/c23-21(18-9-11-20-17(15-18)12-14-24-20)22-13-4-7-19(22)10-8-16-5-2-1-3-6-16/h1-3,5-6,9,11,15,19H,4,7-8,10,12-14H2/t19-/m1/s1. The number of ether oxygens (including phenoxy) is 1. The number of hydrogen-bond acceptors (Lipinski definition) is 2. The van der Waals surface area contributed by atoms with Crippen molar-refractivity contribution in [2.24, 2.45) is 0 Å². The van der Waals surface area contributed by atoms with Crippen molar-refractivity contribution in [2.45, 2.75) is 38.1 Å². The van der Waals surface area contributed by atoms with Crippen LogP contribution in [0.5, 0.6) is 5.75 Å². The summed E-state index contributed by atoms with van der Waals surface area (Å²) in [4.78, 5) is 15.0. The predicted octanol–water partition coefficient (Wildman–Crippen LogP) is 3.86. The first-order valence-corrected chi connectivity index (χ1v) is 8.92. The van der Waals surface area contributed by atoms with Gasteiger partial charge in [-0.15, -0.1) is 0 Å². The molecule has 24 heavy (non-hydrogen) atoms. The van der Waals surface area contributed by atoms with Gasteiger partial charge in [-0.25, -0.2) is 0 Å². The van der Waals surface area contributed by atoms with Crippen molar-refractivity contribution in [3.8, 4) is 5.75 Å². The molecule has 1 fully saturated rings. The molecular weight excluding hydrogens is 298 g/mol. The molecule has 1 saturated heterocycles. The molecule has 3 nitrogen and oxygen atoms in total. The van der Waals surface area contributed by atoms with Gasteiger partial charge in [0, 0.05) is 24.6 Å². The Morgan fingerprint density at radius 1 is 1.17 bits per heavy atom. The largest absolute Gasteiger partial charge is 0.493 e. The van der Waals surface area contributed by atoms with Gasteiger partial charge in [-0.05, 0) is 55.0 Å². The quantitative estimate of drug-likeness (QED) is 0.856. The SMILES string of the molecule is O=C(c1ccc2c(c1)CCO2)N1CCC[C@@H]1CCc1ccccc1. The minimum atomic E-state index is 0.181. The Morgan fingerprint density at radius 2 is 2.04 bits per heavy atom. The van der Waals surface area contributed by atoms with Gasteiger partial charge in [0.1, 0.15) is 5.75 Å². The van der Waals surface area contributed by atoms with E-state index in [2.05, 4.69) is 29.2 Å². The van der Waals surface area contributed by atoms with Gasteiger partial charge >= 0.3 is 0 Å². The van der Waals surface area contributed by atoms with Crippen LogP contribution in [0.4, 0.5) is 0 Å². The van der Waals surface area contributed by atoms with Crippen molar-refractivity contribution in [3.05, 3.63) is 65.2 Å². The van der Waals surface area contributed by atoms with Crippen molar-refractivity contribution in [1.29, 1.82) is 0 Å². The van der Waals surface area contributed by atoms with Gasteiger partial charge in [0.05, 0.1) is 6.61 Å². The average molecular weight is 321 g/mol. The molecule has 1 amide bonds. The Morgan fingerprint density at radius 3 is 2.92 bits per heavy atom. The highest BCUT2D eigenvalue weighted by molar-refractivity contribution is 5.95. The lowest BCUT2D eigenvalue weighted by Gasteiger charge is -2.25. The highest BCUT2D eigenvalue weighted by Crippen LogP contribution is 2.28. The van der Waals surface area contributed by atoms with Crippen LogP contribution in [0.15, 0.2) is 48.5 Å². The van der Waals surface area contributed by atoms with Crippen LogP contribution in [0, 0.1) is 0 Å². The van der Waals surface area contributed by atoms with Crippen LogP contribution >= 0.6 is 0 Å². The lowest BCUT2D eigenvalue weighted by Crippen LogP contribution is -2.35. The zero-order chi connectivity index (χ0) is 16.4. The fourth-order valence-corrected chi connectivity index (χ4v) is 3.87. The smallest absolute Gasteiger partial charge is 0.254 e. The van der Waals surface area contributed by atoms with E-state index in [9.17, 15) is 4.79 Å². The Labute approximate surface area is 143 Å². The summed E-state index contributed by atoms with van der Waals surface area (Å²) in [5.41, 5.74) is 3.33. The predicted molar refractivity (Wildman–Crippen MR) is 94.5 cm³/mol. The number of likely N-dealkylation sites (tertiary alicyclic amines) is 1. The fraction of sp³-hybridized carbons (Fsp3) is 0.381. The van der Waals surface area contributed by atoms with Crippen molar-refractivity contribution in [2.75, 3.05) is 13.2 Å². The molecule has 2 aliphatic heterocycles. The molecule has 124 valence electrons. The number of aryl methyl sites for hydroxylation is 1. The molecule has 0 spiro atoms. The number of carbonyl (C=O) groups is 1. The minimum absolute atomic E-state index is 0.181. The zero-order valence-corrected chi connectivity index (χ0v) is 13.9. The Hall–Kier alpha value is -2.29. The topological polar surface area (TPSA) is 29.5 Å². The molecule has 0 bridgehead atoms. The van der Waals surface area contributed by atoms with E-state index >= 15 is 0 Å². The first-order valence-electron chi connectivity index (χ1n) is 8.92. The number of carbonyl (C=O) groups excluding carboxylic acids is 1. The average Bonchev–Trinajstić information content (AvgIpc) is 3.28. The molecular formula is C21H23NO2. The van der Waals surface area contributed by atoms with E-state index in [1.165, 1.54) is 11.1 Å². The normalized spacial score (nSPS) is 19.2. The van der Waals surface area contributed by atoms with E-state index < -0.39 is 0 Å².